The minimum Gasteiger partial charge on any atom is -0.478 e. The summed E-state index contributed by atoms with van der Waals surface area (Å²) in [5, 5.41) is 9.26. The van der Waals surface area contributed by atoms with Crippen molar-refractivity contribution in [2.45, 2.75) is 52.5 Å². The predicted molar refractivity (Wildman–Crippen MR) is 80.4 cm³/mol. The van der Waals surface area contributed by atoms with Crippen LogP contribution in [0.4, 0.5) is 5.82 Å². The predicted octanol–water partition coefficient (Wildman–Crippen LogP) is 3.36. The van der Waals surface area contributed by atoms with Gasteiger partial charge in [-0.3, -0.25) is 0 Å². The Hall–Kier alpha value is -1.58. The zero-order chi connectivity index (χ0) is 14.7. The summed E-state index contributed by atoms with van der Waals surface area (Å²) in [6.45, 7) is 7.52. The van der Waals surface area contributed by atoms with Crippen molar-refractivity contribution in [3.8, 4) is 0 Å². The van der Waals surface area contributed by atoms with Gasteiger partial charge >= 0.3 is 5.97 Å². The van der Waals surface area contributed by atoms with Crippen molar-refractivity contribution in [3.63, 3.8) is 0 Å². The van der Waals surface area contributed by atoms with E-state index in [-0.39, 0.29) is 0 Å². The Balaban J connectivity index is 2.32. The van der Waals surface area contributed by atoms with Crippen LogP contribution in [0.5, 0.6) is 0 Å². The van der Waals surface area contributed by atoms with E-state index < -0.39 is 5.97 Å². The average molecular weight is 276 g/mol. The van der Waals surface area contributed by atoms with Crippen molar-refractivity contribution in [3.05, 3.63) is 23.4 Å². The summed E-state index contributed by atoms with van der Waals surface area (Å²) in [5.74, 6) is 0.691. The summed E-state index contributed by atoms with van der Waals surface area (Å²) in [4.78, 5) is 18.2. The number of aromatic carboxylic acids is 1. The van der Waals surface area contributed by atoms with Crippen molar-refractivity contribution in [2.75, 3.05) is 11.4 Å². The number of piperidine rings is 1. The maximum absolute atomic E-state index is 11.3. The molecule has 20 heavy (non-hydrogen) atoms. The number of carboxylic acids is 1. The van der Waals surface area contributed by atoms with E-state index in [2.05, 4.69) is 30.7 Å². The van der Waals surface area contributed by atoms with Crippen LogP contribution < -0.4 is 4.90 Å². The second kappa shape index (κ2) is 6.25. The van der Waals surface area contributed by atoms with Gasteiger partial charge in [0.15, 0.2) is 0 Å². The van der Waals surface area contributed by atoms with Gasteiger partial charge in [-0.25, -0.2) is 9.78 Å². The highest BCUT2D eigenvalue weighted by Crippen LogP contribution is 2.27. The van der Waals surface area contributed by atoms with Crippen molar-refractivity contribution < 1.29 is 9.90 Å². The molecule has 1 aromatic rings. The first-order valence-electron chi connectivity index (χ1n) is 7.52. The van der Waals surface area contributed by atoms with E-state index in [1.54, 1.807) is 12.1 Å². The van der Waals surface area contributed by atoms with Crippen LogP contribution in [-0.2, 0) is 6.42 Å². The number of anilines is 1. The van der Waals surface area contributed by atoms with E-state index in [1.165, 1.54) is 0 Å². The van der Waals surface area contributed by atoms with Gasteiger partial charge in [-0.2, -0.15) is 0 Å². The molecule has 0 aromatic carbocycles. The highest BCUT2D eigenvalue weighted by molar-refractivity contribution is 5.88. The highest BCUT2D eigenvalue weighted by atomic mass is 16.4. The van der Waals surface area contributed by atoms with Crippen LogP contribution in [0.25, 0.3) is 0 Å². The van der Waals surface area contributed by atoms with Crippen LogP contribution in [0, 0.1) is 5.92 Å². The van der Waals surface area contributed by atoms with Gasteiger partial charge in [0.25, 0.3) is 0 Å². The molecule has 0 amide bonds. The van der Waals surface area contributed by atoms with E-state index in [1.807, 2.05) is 0 Å². The first-order valence-corrected chi connectivity index (χ1v) is 7.52. The van der Waals surface area contributed by atoms with E-state index in [9.17, 15) is 9.90 Å². The number of hydrogen-bond donors (Lipinski definition) is 1. The Labute approximate surface area is 120 Å². The SMILES string of the molecule is CCCc1cc(C(=O)O)cc(N2CCC(C)CC2C)n1. The molecule has 0 spiro atoms. The Morgan fingerprint density at radius 2 is 2.20 bits per heavy atom. The Morgan fingerprint density at radius 3 is 2.80 bits per heavy atom. The number of nitrogens with zero attached hydrogens (tertiary/aromatic N) is 2. The molecule has 110 valence electrons. The molecule has 2 atom stereocenters. The quantitative estimate of drug-likeness (QED) is 0.916. The van der Waals surface area contributed by atoms with Crippen LogP contribution in [0.3, 0.4) is 0 Å². The number of carbonyl (C=O) groups is 1. The van der Waals surface area contributed by atoms with E-state index >= 15 is 0 Å². The highest BCUT2D eigenvalue weighted by Gasteiger charge is 2.24. The molecular formula is C16H24N2O2. The fourth-order valence-corrected chi connectivity index (χ4v) is 2.97. The van der Waals surface area contributed by atoms with Gasteiger partial charge in [0, 0.05) is 18.3 Å². The maximum atomic E-state index is 11.3. The third-order valence-corrected chi connectivity index (χ3v) is 4.05. The fourth-order valence-electron chi connectivity index (χ4n) is 2.97. The Bertz CT molecular complexity index is 487. The number of pyridine rings is 1. The lowest BCUT2D eigenvalue weighted by molar-refractivity contribution is 0.0696. The monoisotopic (exact) mass is 276 g/mol. The fraction of sp³-hybridized carbons (Fsp3) is 0.625. The van der Waals surface area contributed by atoms with Crippen molar-refractivity contribution in [1.29, 1.82) is 0 Å². The molecule has 1 aliphatic heterocycles. The largest absolute Gasteiger partial charge is 0.478 e. The Kier molecular flexibility index (Phi) is 4.63. The first-order chi connectivity index (χ1) is 9.51. The molecule has 0 radical (unpaired) electrons. The van der Waals surface area contributed by atoms with Crippen molar-refractivity contribution in [1.82, 2.24) is 4.98 Å². The molecule has 1 aromatic heterocycles. The lowest BCUT2D eigenvalue weighted by Gasteiger charge is -2.37. The topological polar surface area (TPSA) is 53.4 Å². The molecule has 1 fully saturated rings. The third kappa shape index (κ3) is 3.30. The van der Waals surface area contributed by atoms with Crippen molar-refractivity contribution in [2.24, 2.45) is 5.92 Å². The zero-order valence-corrected chi connectivity index (χ0v) is 12.6. The smallest absolute Gasteiger partial charge is 0.335 e. The van der Waals surface area contributed by atoms with Gasteiger partial charge in [0.2, 0.25) is 0 Å². The molecule has 0 aliphatic carbocycles. The van der Waals surface area contributed by atoms with Crippen LogP contribution >= 0.6 is 0 Å². The minimum atomic E-state index is -0.871. The van der Waals surface area contributed by atoms with Gasteiger partial charge in [-0.15, -0.1) is 0 Å². The van der Waals surface area contributed by atoms with Gasteiger partial charge in [-0.05, 0) is 44.2 Å². The summed E-state index contributed by atoms with van der Waals surface area (Å²) in [7, 11) is 0. The van der Waals surface area contributed by atoms with E-state index in [0.29, 0.717) is 11.6 Å². The van der Waals surface area contributed by atoms with Gasteiger partial charge in [-0.1, -0.05) is 20.3 Å². The molecular weight excluding hydrogens is 252 g/mol. The molecule has 2 rings (SSSR count). The summed E-state index contributed by atoms with van der Waals surface area (Å²) < 4.78 is 0. The molecule has 1 aliphatic rings. The van der Waals surface area contributed by atoms with Crippen molar-refractivity contribution >= 4 is 11.8 Å². The van der Waals surface area contributed by atoms with Gasteiger partial charge in [0.05, 0.1) is 5.56 Å². The van der Waals surface area contributed by atoms with E-state index in [4.69, 9.17) is 0 Å². The van der Waals surface area contributed by atoms with Crippen LogP contribution in [0.15, 0.2) is 12.1 Å². The zero-order valence-electron chi connectivity index (χ0n) is 12.6. The summed E-state index contributed by atoms with van der Waals surface area (Å²) >= 11 is 0. The first kappa shape index (κ1) is 14.8. The van der Waals surface area contributed by atoms with Crippen LogP contribution in [-0.4, -0.2) is 28.6 Å². The molecule has 2 unspecified atom stereocenters. The molecule has 0 saturated carbocycles. The number of rotatable bonds is 4. The number of hydrogen-bond acceptors (Lipinski definition) is 3. The lowest BCUT2D eigenvalue weighted by Crippen LogP contribution is -2.40. The molecule has 1 N–H and O–H groups in total. The average Bonchev–Trinajstić information content (AvgIpc) is 2.38. The molecule has 4 nitrogen and oxygen atoms in total. The Morgan fingerprint density at radius 1 is 1.45 bits per heavy atom. The normalized spacial score (nSPS) is 22.9. The third-order valence-electron chi connectivity index (χ3n) is 4.05. The lowest BCUT2D eigenvalue weighted by atomic mass is 9.93. The summed E-state index contributed by atoms with van der Waals surface area (Å²) in [5.41, 5.74) is 1.23. The molecule has 2 heterocycles. The second-order valence-corrected chi connectivity index (χ2v) is 5.93. The molecule has 0 bridgehead atoms. The van der Waals surface area contributed by atoms with Gasteiger partial charge in [0.1, 0.15) is 5.82 Å². The number of carboxylic acid groups (broad SMARTS) is 1. The maximum Gasteiger partial charge on any atom is 0.335 e. The van der Waals surface area contributed by atoms with Crippen LogP contribution in [0.1, 0.15) is 56.1 Å². The van der Waals surface area contributed by atoms with Crippen LogP contribution in [0.2, 0.25) is 0 Å². The summed E-state index contributed by atoms with van der Waals surface area (Å²) in [6, 6.07) is 3.84. The van der Waals surface area contributed by atoms with Gasteiger partial charge < -0.3 is 10.0 Å². The number of aromatic nitrogens is 1. The molecule has 4 heteroatoms. The number of aryl methyl sites for hydroxylation is 1. The van der Waals surface area contributed by atoms with E-state index in [0.717, 1.165) is 49.7 Å². The standard InChI is InChI=1S/C16H24N2O2/c1-4-5-14-9-13(16(19)20)10-15(17-14)18-7-6-11(2)8-12(18)3/h9-12H,4-8H2,1-3H3,(H,19,20). The summed E-state index contributed by atoms with van der Waals surface area (Å²) in [6.07, 6.45) is 4.09. The minimum absolute atomic E-state index is 0.351. The second-order valence-electron chi connectivity index (χ2n) is 5.93. The molecule has 1 saturated heterocycles.